The molecule has 2 rings (SSSR count). The number of hydrogen-bond acceptors (Lipinski definition) is 2. The van der Waals surface area contributed by atoms with Gasteiger partial charge in [0.25, 0.3) is 0 Å². The van der Waals surface area contributed by atoms with E-state index < -0.39 is 11.5 Å². The summed E-state index contributed by atoms with van der Waals surface area (Å²) in [5.41, 5.74) is -0.632. The molecule has 2 aliphatic carbocycles. The predicted molar refractivity (Wildman–Crippen MR) is 77.2 cm³/mol. The van der Waals surface area contributed by atoms with Gasteiger partial charge >= 0.3 is 5.97 Å². The minimum absolute atomic E-state index is 0.439. The number of carboxylic acids is 1. The largest absolute Gasteiger partial charge is 0.480 e. The van der Waals surface area contributed by atoms with E-state index in [1.165, 1.54) is 25.7 Å². The highest BCUT2D eigenvalue weighted by Gasteiger charge is 2.44. The SMILES string of the molecule is CC(C)CC1CCCC(NC2CCCC2)(C(=O)O)C1. The van der Waals surface area contributed by atoms with E-state index in [2.05, 4.69) is 19.2 Å². The number of hydrogen-bond donors (Lipinski definition) is 2. The molecule has 3 heteroatoms. The Balaban J connectivity index is 2.02. The molecule has 2 fully saturated rings. The number of aliphatic carboxylic acids is 1. The van der Waals surface area contributed by atoms with Crippen LogP contribution in [0, 0.1) is 11.8 Å². The van der Waals surface area contributed by atoms with Crippen molar-refractivity contribution in [3.8, 4) is 0 Å². The lowest BCUT2D eigenvalue weighted by Gasteiger charge is -2.40. The van der Waals surface area contributed by atoms with E-state index in [4.69, 9.17) is 0 Å². The molecular weight excluding hydrogens is 238 g/mol. The van der Waals surface area contributed by atoms with E-state index in [1.807, 2.05) is 0 Å². The van der Waals surface area contributed by atoms with Crippen LogP contribution in [-0.2, 0) is 4.79 Å². The van der Waals surface area contributed by atoms with E-state index >= 15 is 0 Å². The number of rotatable bonds is 5. The second-order valence-electron chi connectivity index (χ2n) is 7.10. The maximum atomic E-state index is 11.8. The molecule has 2 unspecified atom stereocenters. The summed E-state index contributed by atoms with van der Waals surface area (Å²) in [6.45, 7) is 4.48. The highest BCUT2D eigenvalue weighted by atomic mass is 16.4. The minimum Gasteiger partial charge on any atom is -0.480 e. The highest BCUT2D eigenvalue weighted by molar-refractivity contribution is 5.79. The van der Waals surface area contributed by atoms with Gasteiger partial charge in [0.05, 0.1) is 0 Å². The average Bonchev–Trinajstić information content (AvgIpc) is 2.81. The first kappa shape index (κ1) is 14.8. The standard InChI is InChI=1S/C16H29NO2/c1-12(2)10-13-6-5-9-16(11-13,15(18)19)17-14-7-3-4-8-14/h12-14,17H,3-11H2,1-2H3,(H,18,19). The van der Waals surface area contributed by atoms with Crippen molar-refractivity contribution in [3.63, 3.8) is 0 Å². The Morgan fingerprint density at radius 3 is 2.53 bits per heavy atom. The molecule has 0 bridgehead atoms. The topological polar surface area (TPSA) is 49.3 Å². The zero-order valence-corrected chi connectivity index (χ0v) is 12.5. The van der Waals surface area contributed by atoms with Crippen molar-refractivity contribution in [3.05, 3.63) is 0 Å². The van der Waals surface area contributed by atoms with E-state index in [1.54, 1.807) is 0 Å². The summed E-state index contributed by atoms with van der Waals surface area (Å²) in [6, 6.07) is 0.439. The fourth-order valence-corrected chi connectivity index (χ4v) is 4.11. The van der Waals surface area contributed by atoms with Crippen LogP contribution in [0.1, 0.15) is 71.6 Å². The number of carbonyl (C=O) groups is 1. The second kappa shape index (κ2) is 6.25. The first-order valence-electron chi connectivity index (χ1n) is 8.03. The van der Waals surface area contributed by atoms with Crippen molar-refractivity contribution in [2.24, 2.45) is 11.8 Å². The third-order valence-corrected chi connectivity index (χ3v) is 4.90. The van der Waals surface area contributed by atoms with Gasteiger partial charge in [0.1, 0.15) is 5.54 Å². The molecule has 0 saturated heterocycles. The quantitative estimate of drug-likeness (QED) is 0.800. The van der Waals surface area contributed by atoms with Crippen molar-refractivity contribution in [1.29, 1.82) is 0 Å². The van der Waals surface area contributed by atoms with E-state index in [9.17, 15) is 9.90 Å². The minimum atomic E-state index is -0.632. The lowest BCUT2D eigenvalue weighted by Crippen LogP contribution is -2.57. The Labute approximate surface area is 117 Å². The third kappa shape index (κ3) is 3.71. The van der Waals surface area contributed by atoms with Gasteiger partial charge in [-0.2, -0.15) is 0 Å². The molecule has 2 atom stereocenters. The maximum absolute atomic E-state index is 11.8. The van der Waals surface area contributed by atoms with Gasteiger partial charge in [0.2, 0.25) is 0 Å². The first-order chi connectivity index (χ1) is 9.02. The van der Waals surface area contributed by atoms with Crippen molar-refractivity contribution in [2.45, 2.75) is 83.2 Å². The number of carboxylic acid groups (broad SMARTS) is 1. The Bertz CT molecular complexity index is 310. The highest BCUT2D eigenvalue weighted by Crippen LogP contribution is 2.37. The summed E-state index contributed by atoms with van der Waals surface area (Å²) < 4.78 is 0. The van der Waals surface area contributed by atoms with Crippen LogP contribution in [-0.4, -0.2) is 22.7 Å². The molecule has 0 amide bonds. The van der Waals surface area contributed by atoms with Gasteiger partial charge in [0.15, 0.2) is 0 Å². The van der Waals surface area contributed by atoms with E-state index in [-0.39, 0.29) is 0 Å². The summed E-state index contributed by atoms with van der Waals surface area (Å²) in [5, 5.41) is 13.3. The van der Waals surface area contributed by atoms with Crippen LogP contribution in [0.15, 0.2) is 0 Å². The van der Waals surface area contributed by atoms with Crippen LogP contribution >= 0.6 is 0 Å². The molecule has 0 radical (unpaired) electrons. The third-order valence-electron chi connectivity index (χ3n) is 4.90. The van der Waals surface area contributed by atoms with Crippen LogP contribution in [0.4, 0.5) is 0 Å². The molecule has 2 saturated carbocycles. The van der Waals surface area contributed by atoms with Crippen LogP contribution in [0.3, 0.4) is 0 Å². The molecule has 0 spiro atoms. The fraction of sp³-hybridized carbons (Fsp3) is 0.938. The van der Waals surface area contributed by atoms with Gasteiger partial charge in [-0.25, -0.2) is 0 Å². The van der Waals surface area contributed by atoms with Crippen LogP contribution in [0.5, 0.6) is 0 Å². The summed E-state index contributed by atoms with van der Waals surface area (Å²) in [6.07, 6.45) is 9.90. The Kier molecular flexibility index (Phi) is 4.88. The fourth-order valence-electron chi connectivity index (χ4n) is 4.11. The summed E-state index contributed by atoms with van der Waals surface area (Å²) in [5.74, 6) is 0.632. The Morgan fingerprint density at radius 1 is 1.26 bits per heavy atom. The zero-order chi connectivity index (χ0) is 13.9. The lowest BCUT2D eigenvalue weighted by molar-refractivity contribution is -0.147. The molecule has 0 aromatic heterocycles. The molecule has 0 aromatic rings. The summed E-state index contributed by atoms with van der Waals surface area (Å²) in [4.78, 5) is 11.8. The smallest absolute Gasteiger partial charge is 0.323 e. The molecule has 2 aliphatic rings. The second-order valence-corrected chi connectivity index (χ2v) is 7.10. The van der Waals surface area contributed by atoms with Crippen molar-refractivity contribution < 1.29 is 9.90 Å². The van der Waals surface area contributed by atoms with Gasteiger partial charge in [-0.1, -0.05) is 39.5 Å². The van der Waals surface area contributed by atoms with Crippen molar-refractivity contribution >= 4 is 5.97 Å². The van der Waals surface area contributed by atoms with Gasteiger partial charge in [-0.3, -0.25) is 10.1 Å². The van der Waals surface area contributed by atoms with E-state index in [0.29, 0.717) is 17.9 Å². The molecule has 2 N–H and O–H groups in total. The van der Waals surface area contributed by atoms with Gasteiger partial charge < -0.3 is 5.11 Å². The molecule has 0 heterocycles. The Morgan fingerprint density at radius 2 is 1.95 bits per heavy atom. The van der Waals surface area contributed by atoms with Crippen LogP contribution < -0.4 is 5.32 Å². The number of nitrogens with one attached hydrogen (secondary N) is 1. The van der Waals surface area contributed by atoms with E-state index in [0.717, 1.165) is 32.1 Å². The zero-order valence-electron chi connectivity index (χ0n) is 12.5. The first-order valence-corrected chi connectivity index (χ1v) is 8.03. The normalized spacial score (nSPS) is 32.9. The van der Waals surface area contributed by atoms with Crippen LogP contribution in [0.2, 0.25) is 0 Å². The van der Waals surface area contributed by atoms with Crippen molar-refractivity contribution in [1.82, 2.24) is 5.32 Å². The summed E-state index contributed by atoms with van der Waals surface area (Å²) in [7, 11) is 0. The summed E-state index contributed by atoms with van der Waals surface area (Å²) >= 11 is 0. The lowest BCUT2D eigenvalue weighted by atomic mass is 9.72. The monoisotopic (exact) mass is 267 g/mol. The molecular formula is C16H29NO2. The van der Waals surface area contributed by atoms with Gasteiger partial charge in [-0.05, 0) is 43.9 Å². The maximum Gasteiger partial charge on any atom is 0.323 e. The predicted octanol–water partition coefficient (Wildman–Crippen LogP) is 3.58. The molecule has 3 nitrogen and oxygen atoms in total. The van der Waals surface area contributed by atoms with Crippen molar-refractivity contribution in [2.75, 3.05) is 0 Å². The Hall–Kier alpha value is -0.570. The van der Waals surface area contributed by atoms with Crippen LogP contribution in [0.25, 0.3) is 0 Å². The molecule has 0 aliphatic heterocycles. The molecule has 0 aromatic carbocycles. The molecule has 110 valence electrons. The average molecular weight is 267 g/mol. The van der Waals surface area contributed by atoms with Gasteiger partial charge in [0, 0.05) is 6.04 Å². The van der Waals surface area contributed by atoms with Gasteiger partial charge in [-0.15, -0.1) is 0 Å². The molecule has 19 heavy (non-hydrogen) atoms.